The number of rotatable bonds is 2. The Kier molecular flexibility index (Phi) is 2.86. The minimum Gasteiger partial charge on any atom is -0.393 e. The van der Waals surface area contributed by atoms with E-state index >= 15 is 0 Å². The normalized spacial score (nSPS) is 11.0. The molecule has 0 aliphatic rings. The van der Waals surface area contributed by atoms with Gasteiger partial charge in [0.2, 0.25) is 0 Å². The highest BCUT2D eigenvalue weighted by Gasteiger charge is 2.18. The number of nitrogens with zero attached hydrogens (tertiary/aromatic N) is 3. The van der Waals surface area contributed by atoms with Crippen molar-refractivity contribution in [1.29, 1.82) is 0 Å². The molecule has 0 fully saturated rings. The van der Waals surface area contributed by atoms with Gasteiger partial charge in [-0.1, -0.05) is 12.1 Å². The fourth-order valence-electron chi connectivity index (χ4n) is 2.46. The van der Waals surface area contributed by atoms with Crippen molar-refractivity contribution in [1.82, 2.24) is 9.55 Å². The smallest absolute Gasteiger partial charge is 0.293 e. The number of aryl methyl sites for hydroxylation is 2. The first-order valence-electron chi connectivity index (χ1n) is 6.45. The molecule has 0 aliphatic heterocycles. The zero-order valence-electron chi connectivity index (χ0n) is 11.7. The lowest BCUT2D eigenvalue weighted by atomic mass is 10.1. The molecule has 0 atom stereocenters. The number of para-hydroxylation sites is 2. The van der Waals surface area contributed by atoms with E-state index in [1.165, 1.54) is 6.07 Å². The summed E-state index contributed by atoms with van der Waals surface area (Å²) in [6, 6.07) is 11.0. The first-order valence-corrected chi connectivity index (χ1v) is 6.45. The van der Waals surface area contributed by atoms with Crippen LogP contribution in [0.25, 0.3) is 22.4 Å². The molecule has 21 heavy (non-hydrogen) atoms. The first kappa shape index (κ1) is 13.1. The summed E-state index contributed by atoms with van der Waals surface area (Å²) in [5.41, 5.74) is 9.08. The molecule has 0 unspecified atom stereocenters. The van der Waals surface area contributed by atoms with Crippen LogP contribution in [0, 0.1) is 17.0 Å². The van der Waals surface area contributed by atoms with Gasteiger partial charge in [0.25, 0.3) is 5.69 Å². The summed E-state index contributed by atoms with van der Waals surface area (Å²) in [6.45, 7) is 1.76. The molecule has 6 nitrogen and oxygen atoms in total. The number of hydrogen-bond donors (Lipinski definition) is 1. The Balaban J connectivity index is 2.28. The second-order valence-corrected chi connectivity index (χ2v) is 4.97. The van der Waals surface area contributed by atoms with Crippen LogP contribution in [0.1, 0.15) is 5.56 Å². The van der Waals surface area contributed by atoms with Gasteiger partial charge in [-0.05, 0) is 30.7 Å². The Morgan fingerprint density at radius 1 is 1.29 bits per heavy atom. The maximum Gasteiger partial charge on any atom is 0.293 e. The molecule has 3 rings (SSSR count). The van der Waals surface area contributed by atoms with E-state index in [2.05, 4.69) is 4.98 Å². The third-order valence-electron chi connectivity index (χ3n) is 3.61. The maximum absolute atomic E-state index is 11.1. The lowest BCUT2D eigenvalue weighted by molar-refractivity contribution is -0.383. The fourth-order valence-corrected chi connectivity index (χ4v) is 2.46. The minimum absolute atomic E-state index is 0.0861. The monoisotopic (exact) mass is 282 g/mol. The quantitative estimate of drug-likeness (QED) is 0.444. The van der Waals surface area contributed by atoms with E-state index < -0.39 is 4.92 Å². The number of hydrogen-bond acceptors (Lipinski definition) is 4. The van der Waals surface area contributed by atoms with E-state index in [0.717, 1.165) is 11.0 Å². The van der Waals surface area contributed by atoms with Crippen LogP contribution in [0.3, 0.4) is 0 Å². The van der Waals surface area contributed by atoms with E-state index in [-0.39, 0.29) is 11.4 Å². The number of nitrogens with two attached hydrogens (primary N) is 1. The van der Waals surface area contributed by atoms with Crippen LogP contribution in [0.2, 0.25) is 0 Å². The molecule has 0 radical (unpaired) electrons. The topological polar surface area (TPSA) is 87.0 Å². The zero-order chi connectivity index (χ0) is 15.1. The maximum atomic E-state index is 11.1. The third kappa shape index (κ3) is 2.01. The summed E-state index contributed by atoms with van der Waals surface area (Å²) in [5, 5.41) is 11.1. The van der Waals surface area contributed by atoms with Crippen molar-refractivity contribution in [3.05, 3.63) is 52.1 Å². The van der Waals surface area contributed by atoms with E-state index in [1.54, 1.807) is 6.92 Å². The van der Waals surface area contributed by atoms with Crippen LogP contribution >= 0.6 is 0 Å². The number of nitro benzene ring substituents is 1. The second kappa shape index (κ2) is 4.59. The Morgan fingerprint density at radius 3 is 2.67 bits per heavy atom. The predicted molar refractivity (Wildman–Crippen MR) is 82.0 cm³/mol. The van der Waals surface area contributed by atoms with Crippen molar-refractivity contribution in [3.8, 4) is 11.4 Å². The van der Waals surface area contributed by atoms with Gasteiger partial charge < -0.3 is 10.3 Å². The van der Waals surface area contributed by atoms with Crippen LogP contribution < -0.4 is 5.73 Å². The van der Waals surface area contributed by atoms with Crippen molar-refractivity contribution in [2.45, 2.75) is 6.92 Å². The molecule has 2 aromatic carbocycles. The zero-order valence-corrected chi connectivity index (χ0v) is 11.7. The first-order chi connectivity index (χ1) is 9.99. The van der Waals surface area contributed by atoms with Gasteiger partial charge in [0, 0.05) is 18.7 Å². The molecule has 1 aromatic heterocycles. The van der Waals surface area contributed by atoms with Gasteiger partial charge in [0.1, 0.15) is 11.5 Å². The summed E-state index contributed by atoms with van der Waals surface area (Å²) < 4.78 is 1.92. The highest BCUT2D eigenvalue weighted by molar-refractivity contribution is 5.82. The van der Waals surface area contributed by atoms with Crippen LogP contribution in [-0.4, -0.2) is 14.5 Å². The number of imidazole rings is 1. The summed E-state index contributed by atoms with van der Waals surface area (Å²) in [4.78, 5) is 15.2. The van der Waals surface area contributed by atoms with Gasteiger partial charge in [-0.25, -0.2) is 4.98 Å². The number of nitrogen functional groups attached to an aromatic ring is 1. The van der Waals surface area contributed by atoms with Gasteiger partial charge in [-0.15, -0.1) is 0 Å². The fraction of sp³-hybridized carbons (Fsp3) is 0.133. The van der Waals surface area contributed by atoms with Gasteiger partial charge in [-0.2, -0.15) is 0 Å². The van der Waals surface area contributed by atoms with Gasteiger partial charge in [0.15, 0.2) is 0 Å². The van der Waals surface area contributed by atoms with Crippen molar-refractivity contribution >= 4 is 22.4 Å². The molecule has 3 aromatic rings. The van der Waals surface area contributed by atoms with Gasteiger partial charge in [-0.3, -0.25) is 10.1 Å². The standard InChI is InChI=1S/C15H14N4O2/c1-9-7-10(8-13(14(9)16)19(20)21)15-17-11-5-3-4-6-12(11)18(15)2/h3-8H,16H2,1-2H3. The molecular weight excluding hydrogens is 268 g/mol. The molecule has 0 aliphatic carbocycles. The molecule has 0 saturated carbocycles. The molecule has 0 saturated heterocycles. The Morgan fingerprint density at radius 2 is 2.00 bits per heavy atom. The predicted octanol–water partition coefficient (Wildman–Crippen LogP) is 3.04. The highest BCUT2D eigenvalue weighted by Crippen LogP contribution is 2.32. The largest absolute Gasteiger partial charge is 0.393 e. The van der Waals surface area contributed by atoms with E-state index in [4.69, 9.17) is 5.73 Å². The molecule has 0 amide bonds. The molecule has 0 bridgehead atoms. The molecule has 0 spiro atoms. The average molecular weight is 282 g/mol. The second-order valence-electron chi connectivity index (χ2n) is 4.97. The number of aromatic nitrogens is 2. The van der Waals surface area contributed by atoms with Gasteiger partial charge >= 0.3 is 0 Å². The number of fused-ring (bicyclic) bond motifs is 1. The third-order valence-corrected chi connectivity index (χ3v) is 3.61. The van der Waals surface area contributed by atoms with Crippen molar-refractivity contribution in [2.75, 3.05) is 5.73 Å². The summed E-state index contributed by atoms with van der Waals surface area (Å²) in [5.74, 6) is 0.683. The highest BCUT2D eigenvalue weighted by atomic mass is 16.6. The SMILES string of the molecule is Cc1cc(-c2nc3ccccc3n2C)cc([N+](=O)[O-])c1N. The lowest BCUT2D eigenvalue weighted by Crippen LogP contribution is -2.00. The number of nitro groups is 1. The van der Waals surface area contributed by atoms with E-state index in [9.17, 15) is 10.1 Å². The van der Waals surface area contributed by atoms with Crippen LogP contribution in [0.4, 0.5) is 11.4 Å². The van der Waals surface area contributed by atoms with Crippen molar-refractivity contribution in [3.63, 3.8) is 0 Å². The Labute approximate surface area is 121 Å². The molecular formula is C15H14N4O2. The Hall–Kier alpha value is -2.89. The average Bonchev–Trinajstić information content (AvgIpc) is 2.79. The van der Waals surface area contributed by atoms with Crippen LogP contribution in [-0.2, 0) is 7.05 Å². The molecule has 1 heterocycles. The summed E-state index contributed by atoms with van der Waals surface area (Å²) in [6.07, 6.45) is 0. The molecule has 6 heteroatoms. The number of anilines is 1. The lowest BCUT2D eigenvalue weighted by Gasteiger charge is -2.07. The van der Waals surface area contributed by atoms with Crippen molar-refractivity contribution < 1.29 is 4.92 Å². The van der Waals surface area contributed by atoms with Gasteiger partial charge in [0.05, 0.1) is 16.0 Å². The number of benzene rings is 2. The summed E-state index contributed by atoms with van der Waals surface area (Å²) >= 11 is 0. The molecule has 106 valence electrons. The van der Waals surface area contributed by atoms with E-state index in [0.29, 0.717) is 17.0 Å². The van der Waals surface area contributed by atoms with E-state index in [1.807, 2.05) is 41.9 Å². The van der Waals surface area contributed by atoms with Crippen LogP contribution in [0.15, 0.2) is 36.4 Å². The van der Waals surface area contributed by atoms with Crippen LogP contribution in [0.5, 0.6) is 0 Å². The van der Waals surface area contributed by atoms with Crippen molar-refractivity contribution in [2.24, 2.45) is 7.05 Å². The summed E-state index contributed by atoms with van der Waals surface area (Å²) in [7, 11) is 1.89. The Bertz CT molecular complexity index is 867. The minimum atomic E-state index is -0.464. The molecule has 2 N–H and O–H groups in total.